The molecule has 0 bridgehead atoms. The van der Waals surface area contributed by atoms with Gasteiger partial charge in [0.05, 0.1) is 0 Å². The number of hydrogen-bond donors (Lipinski definition) is 0. The fourth-order valence-electron chi connectivity index (χ4n) is 1.78. The van der Waals surface area contributed by atoms with Crippen LogP contribution in [0.3, 0.4) is 0 Å². The largest absolute Gasteiger partial charge is 0.489 e. The van der Waals surface area contributed by atoms with E-state index >= 15 is 0 Å². The van der Waals surface area contributed by atoms with Gasteiger partial charge in [0.1, 0.15) is 24.0 Å². The van der Waals surface area contributed by atoms with Crippen LogP contribution >= 0.6 is 0 Å². The quantitative estimate of drug-likeness (QED) is 0.851. The molecule has 0 atom stereocenters. The van der Waals surface area contributed by atoms with E-state index in [1.54, 1.807) is 18.2 Å². The van der Waals surface area contributed by atoms with E-state index in [1.165, 1.54) is 0 Å². The first-order valence-electron chi connectivity index (χ1n) is 5.69. The van der Waals surface area contributed by atoms with Crippen LogP contribution in [0.5, 0.6) is 17.2 Å². The minimum absolute atomic E-state index is 0.0523. The van der Waals surface area contributed by atoms with Crippen LogP contribution in [-0.4, -0.2) is 6.79 Å². The maximum Gasteiger partial charge on any atom is 0.231 e. The number of halogens is 2. The van der Waals surface area contributed by atoms with Gasteiger partial charge in [0.2, 0.25) is 6.79 Å². The zero-order chi connectivity index (χ0) is 13.2. The van der Waals surface area contributed by atoms with Crippen molar-refractivity contribution in [1.29, 1.82) is 0 Å². The normalized spacial score (nSPS) is 12.5. The molecule has 0 fully saturated rings. The van der Waals surface area contributed by atoms with Gasteiger partial charge in [0.15, 0.2) is 11.5 Å². The molecule has 0 unspecified atom stereocenters. The van der Waals surface area contributed by atoms with Crippen molar-refractivity contribution in [1.82, 2.24) is 0 Å². The second-order valence-corrected chi connectivity index (χ2v) is 4.04. The molecule has 3 nitrogen and oxygen atoms in total. The summed E-state index contributed by atoms with van der Waals surface area (Å²) in [6.45, 7) is 0.126. The zero-order valence-corrected chi connectivity index (χ0v) is 9.86. The predicted octanol–water partition coefficient (Wildman–Crippen LogP) is 3.27. The summed E-state index contributed by atoms with van der Waals surface area (Å²) in [6.07, 6.45) is 0. The van der Waals surface area contributed by atoms with E-state index in [1.807, 2.05) is 0 Å². The number of fused-ring (bicyclic) bond motifs is 1. The highest BCUT2D eigenvalue weighted by molar-refractivity contribution is 5.46. The predicted molar refractivity (Wildman–Crippen MR) is 63.3 cm³/mol. The Kier molecular flexibility index (Phi) is 2.95. The van der Waals surface area contributed by atoms with Gasteiger partial charge in [0.25, 0.3) is 0 Å². The van der Waals surface area contributed by atoms with E-state index in [0.29, 0.717) is 17.2 Å². The lowest BCUT2D eigenvalue weighted by atomic mass is 10.2. The Morgan fingerprint density at radius 1 is 1.00 bits per heavy atom. The minimum Gasteiger partial charge on any atom is -0.489 e. The molecule has 2 aromatic rings. The Balaban J connectivity index is 1.74. The number of ether oxygens (including phenoxy) is 3. The van der Waals surface area contributed by atoms with Crippen molar-refractivity contribution < 1.29 is 23.0 Å². The topological polar surface area (TPSA) is 27.7 Å². The van der Waals surface area contributed by atoms with Crippen molar-refractivity contribution in [3.63, 3.8) is 0 Å². The van der Waals surface area contributed by atoms with Crippen molar-refractivity contribution in [3.8, 4) is 17.2 Å². The summed E-state index contributed by atoms with van der Waals surface area (Å²) in [4.78, 5) is 0. The van der Waals surface area contributed by atoms with Crippen molar-refractivity contribution in [2.45, 2.75) is 6.61 Å². The van der Waals surface area contributed by atoms with E-state index in [4.69, 9.17) is 14.2 Å². The second-order valence-electron chi connectivity index (χ2n) is 4.04. The molecule has 98 valence electrons. The van der Waals surface area contributed by atoms with E-state index in [2.05, 4.69) is 0 Å². The smallest absolute Gasteiger partial charge is 0.231 e. The molecule has 0 aliphatic carbocycles. The standard InChI is InChI=1S/C14H10F2O3/c15-10-1-3-12(16)9(5-10)7-17-11-2-4-13-14(6-11)19-8-18-13/h1-6H,7-8H2. The highest BCUT2D eigenvalue weighted by Crippen LogP contribution is 2.35. The average Bonchev–Trinajstić information content (AvgIpc) is 2.87. The molecule has 1 aliphatic heterocycles. The first kappa shape index (κ1) is 11.8. The SMILES string of the molecule is Fc1ccc(F)c(COc2ccc3c(c2)OCO3)c1. The number of rotatable bonds is 3. The summed E-state index contributed by atoms with van der Waals surface area (Å²) in [5, 5.41) is 0. The van der Waals surface area contributed by atoms with Gasteiger partial charge >= 0.3 is 0 Å². The van der Waals surface area contributed by atoms with Crippen molar-refractivity contribution >= 4 is 0 Å². The lowest BCUT2D eigenvalue weighted by Gasteiger charge is -2.08. The van der Waals surface area contributed by atoms with Gasteiger partial charge in [0, 0.05) is 11.6 Å². The Hall–Kier alpha value is -2.30. The summed E-state index contributed by atoms with van der Waals surface area (Å²) >= 11 is 0. The molecule has 0 saturated carbocycles. The third kappa shape index (κ3) is 2.45. The Morgan fingerprint density at radius 3 is 2.74 bits per heavy atom. The van der Waals surface area contributed by atoms with Crippen LogP contribution in [0.4, 0.5) is 8.78 Å². The molecular weight excluding hydrogens is 254 g/mol. The molecule has 0 radical (unpaired) electrons. The molecule has 0 saturated heterocycles. The molecular formula is C14H10F2O3. The highest BCUT2D eigenvalue weighted by atomic mass is 19.1. The Bertz CT molecular complexity index is 614. The van der Waals surface area contributed by atoms with Gasteiger partial charge in [-0.1, -0.05) is 0 Å². The van der Waals surface area contributed by atoms with E-state index in [0.717, 1.165) is 18.2 Å². The van der Waals surface area contributed by atoms with Crippen LogP contribution in [-0.2, 0) is 6.61 Å². The average molecular weight is 264 g/mol. The van der Waals surface area contributed by atoms with Crippen molar-refractivity contribution in [2.75, 3.05) is 6.79 Å². The third-order valence-electron chi connectivity index (χ3n) is 2.75. The molecule has 0 N–H and O–H groups in total. The molecule has 5 heteroatoms. The molecule has 0 aromatic heterocycles. The van der Waals surface area contributed by atoms with Crippen molar-refractivity contribution in [3.05, 3.63) is 53.6 Å². The van der Waals surface area contributed by atoms with Crippen LogP contribution in [0.2, 0.25) is 0 Å². The number of hydrogen-bond acceptors (Lipinski definition) is 3. The first-order chi connectivity index (χ1) is 9.22. The summed E-state index contributed by atoms with van der Waals surface area (Å²) in [7, 11) is 0. The summed E-state index contributed by atoms with van der Waals surface area (Å²) in [5.41, 5.74) is 0.165. The fourth-order valence-corrected chi connectivity index (χ4v) is 1.78. The van der Waals surface area contributed by atoms with Crippen LogP contribution in [0.25, 0.3) is 0 Å². The maximum absolute atomic E-state index is 13.4. The van der Waals surface area contributed by atoms with E-state index < -0.39 is 11.6 Å². The van der Waals surface area contributed by atoms with Gasteiger partial charge in [-0.3, -0.25) is 0 Å². The monoisotopic (exact) mass is 264 g/mol. The lowest BCUT2D eigenvalue weighted by molar-refractivity contribution is 0.173. The lowest BCUT2D eigenvalue weighted by Crippen LogP contribution is -1.99. The third-order valence-corrected chi connectivity index (χ3v) is 2.75. The summed E-state index contributed by atoms with van der Waals surface area (Å²) < 4.78 is 42.2. The van der Waals surface area contributed by atoms with Gasteiger partial charge < -0.3 is 14.2 Å². The molecule has 3 rings (SSSR count). The van der Waals surface area contributed by atoms with Crippen LogP contribution in [0, 0.1) is 11.6 Å². The molecule has 19 heavy (non-hydrogen) atoms. The van der Waals surface area contributed by atoms with Gasteiger partial charge in [-0.25, -0.2) is 8.78 Å². The summed E-state index contributed by atoms with van der Waals surface area (Å²) in [6, 6.07) is 8.30. The number of benzene rings is 2. The van der Waals surface area contributed by atoms with Gasteiger partial charge in [-0.2, -0.15) is 0 Å². The molecule has 1 aliphatic rings. The molecule has 0 spiro atoms. The Labute approximate surface area is 108 Å². The van der Waals surface area contributed by atoms with Crippen molar-refractivity contribution in [2.24, 2.45) is 0 Å². The molecule has 2 aromatic carbocycles. The zero-order valence-electron chi connectivity index (χ0n) is 9.86. The second kappa shape index (κ2) is 4.76. The first-order valence-corrected chi connectivity index (χ1v) is 5.69. The Morgan fingerprint density at radius 2 is 1.84 bits per heavy atom. The van der Waals surface area contributed by atoms with E-state index in [9.17, 15) is 8.78 Å². The van der Waals surface area contributed by atoms with Crippen LogP contribution in [0.15, 0.2) is 36.4 Å². The van der Waals surface area contributed by atoms with E-state index in [-0.39, 0.29) is 19.0 Å². The van der Waals surface area contributed by atoms with Gasteiger partial charge in [-0.05, 0) is 30.3 Å². The minimum atomic E-state index is -0.498. The maximum atomic E-state index is 13.4. The highest BCUT2D eigenvalue weighted by Gasteiger charge is 2.14. The van der Waals surface area contributed by atoms with Crippen LogP contribution < -0.4 is 14.2 Å². The molecule has 0 amide bonds. The van der Waals surface area contributed by atoms with Crippen LogP contribution in [0.1, 0.15) is 5.56 Å². The summed E-state index contributed by atoms with van der Waals surface area (Å²) in [5.74, 6) is 0.738. The fraction of sp³-hybridized carbons (Fsp3) is 0.143. The molecule has 1 heterocycles. The van der Waals surface area contributed by atoms with Gasteiger partial charge in [-0.15, -0.1) is 0 Å².